The minimum Gasteiger partial charge on any atom is -0.497 e. The lowest BCUT2D eigenvalue weighted by atomic mass is 9.99. The number of carbonyl (C=O) groups excluding carboxylic acids is 1. The van der Waals surface area contributed by atoms with E-state index in [9.17, 15) is 4.79 Å². The lowest BCUT2D eigenvalue weighted by molar-refractivity contribution is -0.136. The maximum atomic E-state index is 12.9. The summed E-state index contributed by atoms with van der Waals surface area (Å²) in [6.45, 7) is 1.17. The molecule has 0 N–H and O–H groups in total. The van der Waals surface area contributed by atoms with Crippen LogP contribution < -0.4 is 9.47 Å². The first kappa shape index (κ1) is 16.9. The van der Waals surface area contributed by atoms with Gasteiger partial charge in [0.05, 0.1) is 13.2 Å². The third-order valence-corrected chi connectivity index (χ3v) is 5.60. The van der Waals surface area contributed by atoms with Crippen molar-refractivity contribution in [2.45, 2.75) is 44.3 Å². The maximum absolute atomic E-state index is 12.9. The Bertz CT molecular complexity index is 747. The van der Waals surface area contributed by atoms with E-state index in [1.807, 2.05) is 41.2 Å². The number of aromatic nitrogens is 2. The SMILES string of the molecule is COc1cccc(OC[C@H]2[C@H]3CC[C@H](C3)N2C(=O)CCn2cccn2)c1. The van der Waals surface area contributed by atoms with E-state index in [0.29, 0.717) is 31.5 Å². The number of amides is 1. The number of rotatable bonds is 7. The van der Waals surface area contributed by atoms with Crippen molar-refractivity contribution < 1.29 is 14.3 Å². The highest BCUT2D eigenvalue weighted by Crippen LogP contribution is 2.43. The molecular formula is C20H25N3O3. The molecule has 0 unspecified atom stereocenters. The lowest BCUT2D eigenvalue weighted by Crippen LogP contribution is -2.48. The zero-order valence-corrected chi connectivity index (χ0v) is 15.1. The van der Waals surface area contributed by atoms with Gasteiger partial charge in [0.1, 0.15) is 18.1 Å². The standard InChI is InChI=1S/C20H25N3O3/c1-25-17-4-2-5-18(13-17)26-14-19-15-6-7-16(12-15)23(19)20(24)8-11-22-10-3-9-21-22/h2-5,9-10,13,15-16,19H,6-8,11-12,14H2,1H3/t15-,16+,19-/m0/s1. The van der Waals surface area contributed by atoms with Gasteiger partial charge in [-0.3, -0.25) is 9.48 Å². The average molecular weight is 355 g/mol. The van der Waals surface area contributed by atoms with Crippen molar-refractivity contribution in [3.05, 3.63) is 42.7 Å². The van der Waals surface area contributed by atoms with E-state index < -0.39 is 0 Å². The normalized spacial score (nSPS) is 24.0. The van der Waals surface area contributed by atoms with Crippen LogP contribution in [0.2, 0.25) is 0 Å². The van der Waals surface area contributed by atoms with Crippen molar-refractivity contribution in [2.75, 3.05) is 13.7 Å². The number of hydrogen-bond acceptors (Lipinski definition) is 4. The first-order valence-electron chi connectivity index (χ1n) is 9.30. The quantitative estimate of drug-likeness (QED) is 0.766. The summed E-state index contributed by atoms with van der Waals surface area (Å²) in [5, 5.41) is 4.18. The van der Waals surface area contributed by atoms with Crippen molar-refractivity contribution in [2.24, 2.45) is 5.92 Å². The fourth-order valence-corrected chi connectivity index (χ4v) is 4.34. The molecule has 4 rings (SSSR count). The van der Waals surface area contributed by atoms with Crippen LogP contribution in [0.15, 0.2) is 42.7 Å². The zero-order valence-electron chi connectivity index (χ0n) is 15.1. The molecule has 2 heterocycles. The van der Waals surface area contributed by atoms with Crippen LogP contribution in [0.4, 0.5) is 0 Å². The van der Waals surface area contributed by atoms with E-state index in [4.69, 9.17) is 9.47 Å². The van der Waals surface area contributed by atoms with E-state index in [2.05, 4.69) is 10.00 Å². The van der Waals surface area contributed by atoms with Gasteiger partial charge in [-0.2, -0.15) is 5.10 Å². The van der Waals surface area contributed by atoms with Gasteiger partial charge >= 0.3 is 0 Å². The Morgan fingerprint density at radius 2 is 2.15 bits per heavy atom. The molecule has 26 heavy (non-hydrogen) atoms. The smallest absolute Gasteiger partial charge is 0.225 e. The topological polar surface area (TPSA) is 56.6 Å². The highest BCUT2D eigenvalue weighted by atomic mass is 16.5. The van der Waals surface area contributed by atoms with Crippen LogP contribution in [0, 0.1) is 5.92 Å². The van der Waals surface area contributed by atoms with Gasteiger partial charge in [0, 0.05) is 37.5 Å². The second-order valence-electron chi connectivity index (χ2n) is 7.10. The number of carbonyl (C=O) groups is 1. The molecule has 2 fully saturated rings. The number of benzene rings is 1. The van der Waals surface area contributed by atoms with E-state index in [-0.39, 0.29) is 11.9 Å². The molecule has 1 aromatic heterocycles. The van der Waals surface area contributed by atoms with Crippen LogP contribution >= 0.6 is 0 Å². The Kier molecular flexibility index (Phi) is 4.82. The molecule has 1 aromatic carbocycles. The second kappa shape index (κ2) is 7.40. The fourth-order valence-electron chi connectivity index (χ4n) is 4.34. The van der Waals surface area contributed by atoms with E-state index in [0.717, 1.165) is 24.3 Å². The molecule has 1 saturated heterocycles. The van der Waals surface area contributed by atoms with Crippen LogP contribution in [0.25, 0.3) is 0 Å². The van der Waals surface area contributed by atoms with Gasteiger partial charge in [0.25, 0.3) is 0 Å². The summed E-state index contributed by atoms with van der Waals surface area (Å²) in [6.07, 6.45) is 7.55. The number of likely N-dealkylation sites (tertiary alicyclic amines) is 1. The van der Waals surface area contributed by atoms with Gasteiger partial charge in [0.15, 0.2) is 0 Å². The van der Waals surface area contributed by atoms with Crippen LogP contribution in [0.5, 0.6) is 11.5 Å². The van der Waals surface area contributed by atoms with Crippen molar-refractivity contribution in [1.29, 1.82) is 0 Å². The summed E-state index contributed by atoms with van der Waals surface area (Å²) in [5.41, 5.74) is 0. The molecule has 2 aromatic rings. The van der Waals surface area contributed by atoms with Crippen LogP contribution in [-0.4, -0.2) is 46.4 Å². The highest BCUT2D eigenvalue weighted by molar-refractivity contribution is 5.77. The summed E-state index contributed by atoms with van der Waals surface area (Å²) >= 11 is 0. The number of aryl methyl sites for hydroxylation is 1. The minimum atomic E-state index is 0.171. The number of hydrogen-bond donors (Lipinski definition) is 0. The minimum absolute atomic E-state index is 0.171. The predicted molar refractivity (Wildman–Crippen MR) is 97.1 cm³/mol. The maximum Gasteiger partial charge on any atom is 0.225 e. The number of nitrogens with zero attached hydrogens (tertiary/aromatic N) is 3. The van der Waals surface area contributed by atoms with Gasteiger partial charge in [-0.15, -0.1) is 0 Å². The number of methoxy groups -OCH3 is 1. The predicted octanol–water partition coefficient (Wildman–Crippen LogP) is 2.74. The van der Waals surface area contributed by atoms with Crippen molar-refractivity contribution in [3.8, 4) is 11.5 Å². The molecule has 0 spiro atoms. The molecule has 1 saturated carbocycles. The largest absolute Gasteiger partial charge is 0.497 e. The molecule has 1 aliphatic heterocycles. The summed E-state index contributed by atoms with van der Waals surface area (Å²) < 4.78 is 13.1. The molecule has 3 atom stereocenters. The Hall–Kier alpha value is -2.50. The first-order valence-corrected chi connectivity index (χ1v) is 9.30. The first-order chi connectivity index (χ1) is 12.7. The van der Waals surface area contributed by atoms with Gasteiger partial charge < -0.3 is 14.4 Å². The van der Waals surface area contributed by atoms with E-state index >= 15 is 0 Å². The Morgan fingerprint density at radius 3 is 2.96 bits per heavy atom. The second-order valence-corrected chi connectivity index (χ2v) is 7.10. The summed E-state index contributed by atoms with van der Waals surface area (Å²) in [5.74, 6) is 2.34. The Balaban J connectivity index is 1.39. The number of fused-ring (bicyclic) bond motifs is 2. The number of piperidine rings is 1. The molecule has 138 valence electrons. The average Bonchev–Trinajstić information content (AvgIpc) is 3.41. The molecule has 6 heteroatoms. The third-order valence-electron chi connectivity index (χ3n) is 5.60. The summed E-state index contributed by atoms with van der Waals surface area (Å²) in [7, 11) is 1.65. The van der Waals surface area contributed by atoms with Crippen molar-refractivity contribution in [3.63, 3.8) is 0 Å². The molecule has 0 radical (unpaired) electrons. The van der Waals surface area contributed by atoms with Gasteiger partial charge in [-0.1, -0.05) is 6.07 Å². The zero-order chi connectivity index (χ0) is 17.9. The molecule has 2 aliphatic rings. The Labute approximate surface area is 153 Å². The third kappa shape index (κ3) is 3.41. The molecule has 6 nitrogen and oxygen atoms in total. The molecule has 1 aliphatic carbocycles. The van der Waals surface area contributed by atoms with E-state index in [1.54, 1.807) is 13.3 Å². The molecular weight excluding hydrogens is 330 g/mol. The Morgan fingerprint density at radius 1 is 1.27 bits per heavy atom. The monoisotopic (exact) mass is 355 g/mol. The summed E-state index contributed by atoms with van der Waals surface area (Å²) in [6, 6.07) is 10.1. The lowest BCUT2D eigenvalue weighted by Gasteiger charge is -2.35. The van der Waals surface area contributed by atoms with Crippen LogP contribution in [0.3, 0.4) is 0 Å². The van der Waals surface area contributed by atoms with Crippen molar-refractivity contribution in [1.82, 2.24) is 14.7 Å². The molecule has 1 amide bonds. The van der Waals surface area contributed by atoms with Crippen LogP contribution in [0.1, 0.15) is 25.7 Å². The van der Waals surface area contributed by atoms with Gasteiger partial charge in [-0.25, -0.2) is 0 Å². The highest BCUT2D eigenvalue weighted by Gasteiger charge is 2.47. The van der Waals surface area contributed by atoms with Crippen LogP contribution in [-0.2, 0) is 11.3 Å². The van der Waals surface area contributed by atoms with E-state index in [1.165, 1.54) is 6.42 Å². The van der Waals surface area contributed by atoms with Gasteiger partial charge in [0.2, 0.25) is 5.91 Å². The fraction of sp³-hybridized carbons (Fsp3) is 0.500. The summed E-state index contributed by atoms with van der Waals surface area (Å²) in [4.78, 5) is 15.0. The molecule has 2 bridgehead atoms. The number of ether oxygens (including phenoxy) is 2. The van der Waals surface area contributed by atoms with Gasteiger partial charge in [-0.05, 0) is 43.4 Å². The van der Waals surface area contributed by atoms with Crippen molar-refractivity contribution >= 4 is 5.91 Å².